The van der Waals surface area contributed by atoms with Crippen LogP contribution in [0.15, 0.2) is 22.7 Å². The first kappa shape index (κ1) is 13.9. The normalized spacial score (nSPS) is 15.6. The molecular formula is C13H15BrN2O3. The smallest absolute Gasteiger partial charge is 0.254 e. The van der Waals surface area contributed by atoms with E-state index >= 15 is 0 Å². The predicted molar refractivity (Wildman–Crippen MR) is 74.2 cm³/mol. The van der Waals surface area contributed by atoms with Crippen LogP contribution in [0.1, 0.15) is 10.4 Å². The largest absolute Gasteiger partial charge is 0.496 e. The Bertz CT molecular complexity index is 519. The highest BCUT2D eigenvalue weighted by Crippen LogP contribution is 2.26. The van der Waals surface area contributed by atoms with Crippen molar-refractivity contribution in [2.45, 2.75) is 0 Å². The Morgan fingerprint density at radius 3 is 2.68 bits per heavy atom. The molecule has 102 valence electrons. The van der Waals surface area contributed by atoms with E-state index in [0.717, 1.165) is 4.47 Å². The summed E-state index contributed by atoms with van der Waals surface area (Å²) in [6, 6.07) is 5.15. The van der Waals surface area contributed by atoms with E-state index < -0.39 is 0 Å². The van der Waals surface area contributed by atoms with Crippen LogP contribution in [-0.2, 0) is 4.79 Å². The molecular weight excluding hydrogens is 312 g/mol. The van der Waals surface area contributed by atoms with Crippen molar-refractivity contribution in [3.05, 3.63) is 28.2 Å². The Morgan fingerprint density at radius 1 is 1.37 bits per heavy atom. The standard InChI is InChI=1S/C13H15BrN2O3/c1-15-5-6-16(8-12(15)17)13(18)9-3-4-11(19-2)10(14)7-9/h3-4,7H,5-6,8H2,1-2H3. The lowest BCUT2D eigenvalue weighted by Gasteiger charge is -2.32. The van der Waals surface area contributed by atoms with Crippen LogP contribution >= 0.6 is 15.9 Å². The minimum Gasteiger partial charge on any atom is -0.496 e. The number of carbonyl (C=O) groups excluding carboxylic acids is 2. The van der Waals surface area contributed by atoms with Crippen LogP contribution in [0.25, 0.3) is 0 Å². The Morgan fingerprint density at radius 2 is 2.11 bits per heavy atom. The molecule has 0 unspecified atom stereocenters. The molecule has 0 aliphatic carbocycles. The molecule has 0 atom stereocenters. The van der Waals surface area contributed by atoms with Gasteiger partial charge in [0.05, 0.1) is 11.6 Å². The summed E-state index contributed by atoms with van der Waals surface area (Å²) in [4.78, 5) is 27.1. The van der Waals surface area contributed by atoms with Gasteiger partial charge in [-0.05, 0) is 34.1 Å². The van der Waals surface area contributed by atoms with Crippen molar-refractivity contribution in [3.8, 4) is 5.75 Å². The minimum atomic E-state index is -0.134. The van der Waals surface area contributed by atoms with Crippen molar-refractivity contribution >= 4 is 27.7 Å². The van der Waals surface area contributed by atoms with Crippen LogP contribution < -0.4 is 4.74 Å². The molecule has 2 amide bonds. The Hall–Kier alpha value is -1.56. The van der Waals surface area contributed by atoms with Gasteiger partial charge in [0.2, 0.25) is 5.91 Å². The van der Waals surface area contributed by atoms with Gasteiger partial charge in [0.25, 0.3) is 5.91 Å². The zero-order chi connectivity index (χ0) is 14.0. The van der Waals surface area contributed by atoms with E-state index in [9.17, 15) is 9.59 Å². The molecule has 0 bridgehead atoms. The molecule has 0 radical (unpaired) electrons. The van der Waals surface area contributed by atoms with Crippen molar-refractivity contribution in [3.63, 3.8) is 0 Å². The SMILES string of the molecule is COc1ccc(C(=O)N2CCN(C)C(=O)C2)cc1Br. The first-order valence-corrected chi connectivity index (χ1v) is 6.69. The number of halogens is 1. The van der Waals surface area contributed by atoms with E-state index in [1.54, 1.807) is 42.2 Å². The third-order valence-corrected chi connectivity index (χ3v) is 3.76. The van der Waals surface area contributed by atoms with E-state index in [1.165, 1.54) is 0 Å². The maximum atomic E-state index is 12.3. The number of hydrogen-bond donors (Lipinski definition) is 0. The van der Waals surface area contributed by atoms with Crippen LogP contribution in [0.3, 0.4) is 0 Å². The molecule has 0 N–H and O–H groups in total. The molecule has 1 saturated heterocycles. The molecule has 1 heterocycles. The molecule has 2 rings (SSSR count). The summed E-state index contributed by atoms with van der Waals surface area (Å²) < 4.78 is 5.85. The second-order valence-corrected chi connectivity index (χ2v) is 5.25. The fourth-order valence-electron chi connectivity index (χ4n) is 1.91. The summed E-state index contributed by atoms with van der Waals surface area (Å²) in [5.74, 6) is 0.503. The van der Waals surface area contributed by atoms with Crippen molar-refractivity contribution in [2.24, 2.45) is 0 Å². The van der Waals surface area contributed by atoms with Gasteiger partial charge in [-0.3, -0.25) is 9.59 Å². The van der Waals surface area contributed by atoms with Gasteiger partial charge >= 0.3 is 0 Å². The van der Waals surface area contributed by atoms with Gasteiger partial charge < -0.3 is 14.5 Å². The molecule has 19 heavy (non-hydrogen) atoms. The minimum absolute atomic E-state index is 0.0350. The topological polar surface area (TPSA) is 49.9 Å². The lowest BCUT2D eigenvalue weighted by molar-refractivity contribution is -0.133. The van der Waals surface area contributed by atoms with Gasteiger partial charge in [0.1, 0.15) is 12.3 Å². The highest BCUT2D eigenvalue weighted by Gasteiger charge is 2.25. The summed E-state index contributed by atoms with van der Waals surface area (Å²) in [5.41, 5.74) is 0.546. The number of likely N-dealkylation sites (N-methyl/N-ethyl adjacent to an activating group) is 1. The van der Waals surface area contributed by atoms with Gasteiger partial charge in [-0.25, -0.2) is 0 Å². The van der Waals surface area contributed by atoms with E-state index in [4.69, 9.17) is 4.74 Å². The number of carbonyl (C=O) groups is 2. The summed E-state index contributed by atoms with van der Waals surface area (Å²) in [6.45, 7) is 1.27. The number of piperazine rings is 1. The van der Waals surface area contributed by atoms with E-state index in [2.05, 4.69) is 15.9 Å². The first-order chi connectivity index (χ1) is 9.02. The molecule has 6 heteroatoms. The molecule has 5 nitrogen and oxygen atoms in total. The van der Waals surface area contributed by atoms with E-state index in [-0.39, 0.29) is 18.4 Å². The van der Waals surface area contributed by atoms with Gasteiger partial charge in [-0.15, -0.1) is 0 Å². The van der Waals surface area contributed by atoms with Gasteiger partial charge in [0.15, 0.2) is 0 Å². The number of amides is 2. The third kappa shape index (κ3) is 2.89. The predicted octanol–water partition coefficient (Wildman–Crippen LogP) is 1.37. The number of hydrogen-bond acceptors (Lipinski definition) is 3. The van der Waals surface area contributed by atoms with Crippen LogP contribution in [0.5, 0.6) is 5.75 Å². The Balaban J connectivity index is 2.16. The molecule has 1 aliphatic rings. The average molecular weight is 327 g/mol. The van der Waals surface area contributed by atoms with Gasteiger partial charge in [-0.2, -0.15) is 0 Å². The van der Waals surface area contributed by atoms with Crippen LogP contribution in [-0.4, -0.2) is 55.4 Å². The Kier molecular flexibility index (Phi) is 4.09. The molecule has 1 aromatic rings. The van der Waals surface area contributed by atoms with E-state index in [0.29, 0.717) is 24.4 Å². The summed E-state index contributed by atoms with van der Waals surface area (Å²) in [6.07, 6.45) is 0. The van der Waals surface area contributed by atoms with Crippen molar-refractivity contribution in [1.82, 2.24) is 9.80 Å². The van der Waals surface area contributed by atoms with Crippen molar-refractivity contribution in [2.75, 3.05) is 33.8 Å². The fraction of sp³-hybridized carbons (Fsp3) is 0.385. The monoisotopic (exact) mass is 326 g/mol. The number of ether oxygens (including phenoxy) is 1. The summed E-state index contributed by atoms with van der Waals surface area (Å²) >= 11 is 3.35. The quantitative estimate of drug-likeness (QED) is 0.824. The lowest BCUT2D eigenvalue weighted by Crippen LogP contribution is -2.50. The number of nitrogens with zero attached hydrogens (tertiary/aromatic N) is 2. The highest BCUT2D eigenvalue weighted by molar-refractivity contribution is 9.10. The van der Waals surface area contributed by atoms with Crippen molar-refractivity contribution in [1.29, 1.82) is 0 Å². The number of rotatable bonds is 2. The van der Waals surface area contributed by atoms with Crippen LogP contribution in [0, 0.1) is 0 Å². The summed E-state index contributed by atoms with van der Waals surface area (Å²) in [7, 11) is 3.31. The summed E-state index contributed by atoms with van der Waals surface area (Å²) in [5, 5.41) is 0. The molecule has 1 aliphatic heterocycles. The molecule has 0 saturated carbocycles. The molecule has 0 spiro atoms. The zero-order valence-electron chi connectivity index (χ0n) is 10.9. The van der Waals surface area contributed by atoms with Gasteiger partial charge in [-0.1, -0.05) is 0 Å². The second-order valence-electron chi connectivity index (χ2n) is 4.39. The second kappa shape index (κ2) is 5.61. The molecule has 0 aromatic heterocycles. The average Bonchev–Trinajstić information content (AvgIpc) is 2.41. The third-order valence-electron chi connectivity index (χ3n) is 3.14. The highest BCUT2D eigenvalue weighted by atomic mass is 79.9. The number of benzene rings is 1. The van der Waals surface area contributed by atoms with Crippen molar-refractivity contribution < 1.29 is 14.3 Å². The first-order valence-electron chi connectivity index (χ1n) is 5.89. The maximum absolute atomic E-state index is 12.3. The lowest BCUT2D eigenvalue weighted by atomic mass is 10.1. The van der Waals surface area contributed by atoms with Gasteiger partial charge in [0, 0.05) is 25.7 Å². The number of methoxy groups -OCH3 is 1. The van der Waals surface area contributed by atoms with Crippen LogP contribution in [0.4, 0.5) is 0 Å². The molecule has 1 aromatic carbocycles. The zero-order valence-corrected chi connectivity index (χ0v) is 12.4. The Labute approximate surface area is 120 Å². The van der Waals surface area contributed by atoms with E-state index in [1.807, 2.05) is 0 Å². The maximum Gasteiger partial charge on any atom is 0.254 e. The molecule has 1 fully saturated rings. The fourth-order valence-corrected chi connectivity index (χ4v) is 2.45. The van der Waals surface area contributed by atoms with Crippen LogP contribution in [0.2, 0.25) is 0 Å².